The van der Waals surface area contributed by atoms with Gasteiger partial charge in [-0.3, -0.25) is 4.98 Å². The first-order valence-electron chi connectivity index (χ1n) is 15.8. The molecule has 0 aliphatic rings. The van der Waals surface area contributed by atoms with Crippen molar-refractivity contribution >= 4 is 54.6 Å². The highest BCUT2D eigenvalue weighted by molar-refractivity contribution is 6.19. The molecule has 4 aromatic heterocycles. The van der Waals surface area contributed by atoms with E-state index < -0.39 is 0 Å². The number of benzene rings is 6. The second kappa shape index (κ2) is 10.4. The summed E-state index contributed by atoms with van der Waals surface area (Å²) in [5, 5.41) is 6.41. The Bertz CT molecular complexity index is 2840. The first kappa shape index (κ1) is 26.5. The minimum Gasteiger partial charge on any atom is -0.456 e. The average Bonchev–Trinajstić information content (AvgIpc) is 3.74. The van der Waals surface area contributed by atoms with Gasteiger partial charge in [-0.2, -0.15) is 0 Å². The summed E-state index contributed by atoms with van der Waals surface area (Å²) < 4.78 is 12.3. The Morgan fingerprint density at radius 3 is 1.90 bits per heavy atom. The zero-order valence-corrected chi connectivity index (χ0v) is 25.5. The number of furan rings is 2. The van der Waals surface area contributed by atoms with Crippen LogP contribution in [0.5, 0.6) is 0 Å². The summed E-state index contributed by atoms with van der Waals surface area (Å²) in [4.78, 5) is 19.4. The SMILES string of the molecule is c1ccc(-c2nc(-c3ccc(-c4ccc5ccc6oc7ccncc7c6c5c4)cc3)nc(-c3cccc4oc5ccccc5c34)n2)cc1. The number of aromatic nitrogens is 4. The summed E-state index contributed by atoms with van der Waals surface area (Å²) >= 11 is 0. The molecule has 0 saturated carbocycles. The number of hydrogen-bond donors (Lipinski definition) is 0. The fourth-order valence-electron chi connectivity index (χ4n) is 6.73. The standard InChI is InChI=1S/C42H24N4O2/c1-2-7-27(8-3-1)40-44-41(46-42(45-40)31-10-6-12-36-38(31)30-9-4-5-11-34(30)47-36)28-16-13-25(14-17-28)29-18-15-26-19-20-37-39(32(26)23-29)33-24-43-22-21-35(33)48-37/h1-24H. The molecule has 0 bridgehead atoms. The lowest BCUT2D eigenvalue weighted by Gasteiger charge is -2.10. The predicted octanol–water partition coefficient (Wildman–Crippen LogP) is 10.9. The Labute approximate surface area is 274 Å². The summed E-state index contributed by atoms with van der Waals surface area (Å²) in [6.45, 7) is 0. The van der Waals surface area contributed by atoms with Gasteiger partial charge in [-0.25, -0.2) is 15.0 Å². The molecule has 6 heteroatoms. The fourth-order valence-corrected chi connectivity index (χ4v) is 6.73. The highest BCUT2D eigenvalue weighted by atomic mass is 16.3. The Morgan fingerprint density at radius 2 is 1.04 bits per heavy atom. The second-order valence-corrected chi connectivity index (χ2v) is 11.9. The van der Waals surface area contributed by atoms with E-state index in [-0.39, 0.29) is 0 Å². The summed E-state index contributed by atoms with van der Waals surface area (Å²) in [6, 6.07) is 45.2. The van der Waals surface area contributed by atoms with Crippen LogP contribution in [0.1, 0.15) is 0 Å². The maximum atomic E-state index is 6.19. The minimum atomic E-state index is 0.598. The smallest absolute Gasteiger partial charge is 0.164 e. The highest BCUT2D eigenvalue weighted by Crippen LogP contribution is 2.38. The van der Waals surface area contributed by atoms with E-state index in [1.807, 2.05) is 79.0 Å². The third kappa shape index (κ3) is 4.20. The maximum absolute atomic E-state index is 6.19. The summed E-state index contributed by atoms with van der Waals surface area (Å²) in [6.07, 6.45) is 3.64. The van der Waals surface area contributed by atoms with Gasteiger partial charge in [-0.05, 0) is 52.2 Å². The Kier molecular flexibility index (Phi) is 5.77. The molecule has 10 aromatic rings. The molecule has 0 aliphatic heterocycles. The molecule has 6 aromatic carbocycles. The Hall–Kier alpha value is -6.66. The molecule has 0 unspecified atom stereocenters. The van der Waals surface area contributed by atoms with E-state index in [2.05, 4.69) is 65.6 Å². The van der Waals surface area contributed by atoms with Gasteiger partial charge in [0, 0.05) is 50.6 Å². The summed E-state index contributed by atoms with van der Waals surface area (Å²) in [5.41, 5.74) is 8.26. The van der Waals surface area contributed by atoms with Gasteiger partial charge in [0.15, 0.2) is 17.5 Å². The molecule has 0 radical (unpaired) electrons. The van der Waals surface area contributed by atoms with Crippen molar-refractivity contribution in [3.63, 3.8) is 0 Å². The molecule has 0 N–H and O–H groups in total. The largest absolute Gasteiger partial charge is 0.456 e. The third-order valence-electron chi connectivity index (χ3n) is 9.04. The highest BCUT2D eigenvalue weighted by Gasteiger charge is 2.18. The number of nitrogens with zero attached hydrogens (tertiary/aromatic N) is 4. The summed E-state index contributed by atoms with van der Waals surface area (Å²) in [5.74, 6) is 1.82. The lowest BCUT2D eigenvalue weighted by Crippen LogP contribution is -2.00. The van der Waals surface area contributed by atoms with Crippen molar-refractivity contribution in [2.24, 2.45) is 0 Å². The second-order valence-electron chi connectivity index (χ2n) is 11.9. The average molecular weight is 617 g/mol. The van der Waals surface area contributed by atoms with Crippen LogP contribution in [0.4, 0.5) is 0 Å². The first-order chi connectivity index (χ1) is 23.8. The van der Waals surface area contributed by atoms with E-state index in [1.165, 1.54) is 0 Å². The zero-order chi connectivity index (χ0) is 31.6. The quantitative estimate of drug-likeness (QED) is 0.196. The molecule has 0 spiro atoms. The number of fused-ring (bicyclic) bond motifs is 8. The summed E-state index contributed by atoms with van der Waals surface area (Å²) in [7, 11) is 0. The molecule has 0 atom stereocenters. The van der Waals surface area contributed by atoms with E-state index in [0.717, 1.165) is 82.5 Å². The molecule has 0 aliphatic carbocycles. The Balaban J connectivity index is 1.11. The van der Waals surface area contributed by atoms with Gasteiger partial charge in [0.05, 0.1) is 0 Å². The molecule has 0 saturated heterocycles. The third-order valence-corrected chi connectivity index (χ3v) is 9.04. The van der Waals surface area contributed by atoms with Crippen molar-refractivity contribution in [2.75, 3.05) is 0 Å². The van der Waals surface area contributed by atoms with Gasteiger partial charge in [0.2, 0.25) is 0 Å². The van der Waals surface area contributed by atoms with Gasteiger partial charge in [-0.1, -0.05) is 103 Å². The number of rotatable bonds is 4. The van der Waals surface area contributed by atoms with E-state index >= 15 is 0 Å². The van der Waals surface area contributed by atoms with Crippen LogP contribution in [-0.4, -0.2) is 19.9 Å². The van der Waals surface area contributed by atoms with Crippen molar-refractivity contribution in [1.29, 1.82) is 0 Å². The van der Waals surface area contributed by atoms with Crippen molar-refractivity contribution < 1.29 is 8.83 Å². The van der Waals surface area contributed by atoms with E-state index in [9.17, 15) is 0 Å². The van der Waals surface area contributed by atoms with Crippen LogP contribution in [0, 0.1) is 0 Å². The van der Waals surface area contributed by atoms with Gasteiger partial charge < -0.3 is 8.83 Å². The van der Waals surface area contributed by atoms with Crippen LogP contribution in [0.15, 0.2) is 155 Å². The Morgan fingerprint density at radius 1 is 0.396 bits per heavy atom. The lowest BCUT2D eigenvalue weighted by molar-refractivity contribution is 0.668. The van der Waals surface area contributed by atoms with E-state index in [0.29, 0.717) is 17.5 Å². The van der Waals surface area contributed by atoms with Crippen LogP contribution in [-0.2, 0) is 0 Å². The number of para-hydroxylation sites is 1. The number of hydrogen-bond acceptors (Lipinski definition) is 6. The topological polar surface area (TPSA) is 77.8 Å². The molecule has 4 heterocycles. The van der Waals surface area contributed by atoms with Crippen LogP contribution >= 0.6 is 0 Å². The number of pyridine rings is 1. The van der Waals surface area contributed by atoms with Crippen molar-refractivity contribution in [3.05, 3.63) is 146 Å². The normalized spacial score (nSPS) is 11.8. The molecule has 48 heavy (non-hydrogen) atoms. The van der Waals surface area contributed by atoms with Gasteiger partial charge in [-0.15, -0.1) is 0 Å². The van der Waals surface area contributed by atoms with Crippen molar-refractivity contribution in [3.8, 4) is 45.3 Å². The molecular formula is C42H24N4O2. The predicted molar refractivity (Wildman–Crippen MR) is 191 cm³/mol. The fraction of sp³-hybridized carbons (Fsp3) is 0. The molecule has 6 nitrogen and oxygen atoms in total. The van der Waals surface area contributed by atoms with Gasteiger partial charge in [0.25, 0.3) is 0 Å². The molecule has 224 valence electrons. The lowest BCUT2D eigenvalue weighted by atomic mass is 9.97. The van der Waals surface area contributed by atoms with Crippen LogP contribution < -0.4 is 0 Å². The molecular weight excluding hydrogens is 592 g/mol. The van der Waals surface area contributed by atoms with Crippen molar-refractivity contribution in [2.45, 2.75) is 0 Å². The van der Waals surface area contributed by atoms with Crippen LogP contribution in [0.25, 0.3) is 99.9 Å². The maximum Gasteiger partial charge on any atom is 0.164 e. The molecule has 10 rings (SSSR count). The molecule has 0 amide bonds. The first-order valence-corrected chi connectivity index (χ1v) is 15.8. The van der Waals surface area contributed by atoms with Gasteiger partial charge >= 0.3 is 0 Å². The molecule has 0 fully saturated rings. The van der Waals surface area contributed by atoms with Crippen molar-refractivity contribution in [1.82, 2.24) is 19.9 Å². The van der Waals surface area contributed by atoms with Crippen LogP contribution in [0.3, 0.4) is 0 Å². The van der Waals surface area contributed by atoms with Crippen LogP contribution in [0.2, 0.25) is 0 Å². The monoisotopic (exact) mass is 616 g/mol. The zero-order valence-electron chi connectivity index (χ0n) is 25.5. The van der Waals surface area contributed by atoms with E-state index in [1.54, 1.807) is 6.20 Å². The minimum absolute atomic E-state index is 0.598. The van der Waals surface area contributed by atoms with Gasteiger partial charge in [0.1, 0.15) is 22.3 Å². The van der Waals surface area contributed by atoms with E-state index in [4.69, 9.17) is 23.8 Å².